The van der Waals surface area contributed by atoms with E-state index in [0.29, 0.717) is 22.5 Å². The highest BCUT2D eigenvalue weighted by Gasteiger charge is 2.15. The number of fused-ring (bicyclic) bond motifs is 1. The van der Waals surface area contributed by atoms with Crippen molar-refractivity contribution in [2.75, 3.05) is 5.32 Å². The molecule has 0 spiro atoms. The molecule has 4 aromatic rings. The van der Waals surface area contributed by atoms with E-state index in [1.807, 2.05) is 32.9 Å². The Morgan fingerprint density at radius 1 is 1.06 bits per heavy atom. The summed E-state index contributed by atoms with van der Waals surface area (Å²) in [7, 11) is 0. The number of hydrogen-bond acceptors (Lipinski definition) is 4. The van der Waals surface area contributed by atoms with Crippen LogP contribution in [0.2, 0.25) is 0 Å². The van der Waals surface area contributed by atoms with Crippen molar-refractivity contribution in [3.05, 3.63) is 81.3 Å². The number of anilines is 1. The predicted molar refractivity (Wildman–Crippen MR) is 122 cm³/mol. The van der Waals surface area contributed by atoms with Gasteiger partial charge in [0.1, 0.15) is 17.0 Å². The standard InChI is InChI=1S/C24H24FN5O2/c1-14-11-15(2)22(16(3)12-14)28-21(31)9-10-29-17(4)27-23-20(24(29)32)13-26-30(23)19-7-5-18(25)6-8-19/h5-8,11-13H,9-10H2,1-4H3,(H,28,31). The molecule has 0 atom stereocenters. The van der Waals surface area contributed by atoms with E-state index >= 15 is 0 Å². The Morgan fingerprint density at radius 3 is 2.38 bits per heavy atom. The van der Waals surface area contributed by atoms with Gasteiger partial charge in [-0.15, -0.1) is 0 Å². The molecule has 164 valence electrons. The van der Waals surface area contributed by atoms with Crippen molar-refractivity contribution >= 4 is 22.6 Å². The number of hydrogen-bond donors (Lipinski definition) is 1. The summed E-state index contributed by atoms with van der Waals surface area (Å²) in [4.78, 5) is 30.2. The van der Waals surface area contributed by atoms with Crippen LogP contribution in [-0.2, 0) is 11.3 Å². The van der Waals surface area contributed by atoms with Crippen molar-refractivity contribution in [1.82, 2.24) is 19.3 Å². The minimum atomic E-state index is -0.356. The molecule has 0 fully saturated rings. The number of amides is 1. The molecular weight excluding hydrogens is 409 g/mol. The largest absolute Gasteiger partial charge is 0.326 e. The first-order valence-corrected chi connectivity index (χ1v) is 10.3. The lowest BCUT2D eigenvalue weighted by molar-refractivity contribution is -0.116. The molecule has 0 saturated carbocycles. The van der Waals surface area contributed by atoms with Crippen LogP contribution < -0.4 is 10.9 Å². The molecule has 0 radical (unpaired) electrons. The molecule has 2 heterocycles. The highest BCUT2D eigenvalue weighted by atomic mass is 19.1. The average molecular weight is 433 g/mol. The zero-order chi connectivity index (χ0) is 23.0. The Morgan fingerprint density at radius 2 is 1.72 bits per heavy atom. The van der Waals surface area contributed by atoms with Gasteiger partial charge in [-0.25, -0.2) is 14.1 Å². The third-order valence-electron chi connectivity index (χ3n) is 5.45. The van der Waals surface area contributed by atoms with Crippen LogP contribution in [0, 0.1) is 33.5 Å². The summed E-state index contributed by atoms with van der Waals surface area (Å²) in [5, 5.41) is 7.55. The second-order valence-electron chi connectivity index (χ2n) is 7.96. The summed E-state index contributed by atoms with van der Waals surface area (Å²) in [6, 6.07) is 9.84. The third kappa shape index (κ3) is 4.03. The van der Waals surface area contributed by atoms with Crippen LogP contribution in [0.4, 0.5) is 10.1 Å². The van der Waals surface area contributed by atoms with Gasteiger partial charge >= 0.3 is 0 Å². The smallest absolute Gasteiger partial charge is 0.264 e. The first-order valence-electron chi connectivity index (χ1n) is 10.3. The van der Waals surface area contributed by atoms with Crippen LogP contribution in [0.15, 0.2) is 47.4 Å². The molecule has 0 saturated heterocycles. The normalized spacial score (nSPS) is 11.2. The number of rotatable bonds is 5. The maximum atomic E-state index is 13.2. The lowest BCUT2D eigenvalue weighted by atomic mass is 10.1. The van der Waals surface area contributed by atoms with E-state index < -0.39 is 0 Å². The number of benzene rings is 2. The van der Waals surface area contributed by atoms with Crippen molar-refractivity contribution in [3.8, 4) is 5.69 Å². The highest BCUT2D eigenvalue weighted by Crippen LogP contribution is 2.22. The summed E-state index contributed by atoms with van der Waals surface area (Å²) in [6.45, 7) is 7.85. The maximum absolute atomic E-state index is 13.2. The lowest BCUT2D eigenvalue weighted by Gasteiger charge is -2.14. The van der Waals surface area contributed by atoms with E-state index in [2.05, 4.69) is 15.4 Å². The second-order valence-corrected chi connectivity index (χ2v) is 7.96. The van der Waals surface area contributed by atoms with Gasteiger partial charge in [-0.05, 0) is 63.1 Å². The van der Waals surface area contributed by atoms with Crippen LogP contribution in [-0.4, -0.2) is 25.2 Å². The number of carbonyl (C=O) groups is 1. The Kier molecular flexibility index (Phi) is 5.61. The minimum Gasteiger partial charge on any atom is -0.326 e. The molecular formula is C24H24FN5O2. The number of carbonyl (C=O) groups excluding carboxylic acids is 1. The number of halogens is 1. The molecule has 0 aliphatic rings. The molecule has 1 N–H and O–H groups in total. The Bertz CT molecular complexity index is 1360. The fourth-order valence-electron chi connectivity index (χ4n) is 3.93. The minimum absolute atomic E-state index is 0.132. The molecule has 2 aromatic heterocycles. The van der Waals surface area contributed by atoms with E-state index in [4.69, 9.17) is 0 Å². The molecule has 7 nitrogen and oxygen atoms in total. The van der Waals surface area contributed by atoms with Gasteiger partial charge in [0.15, 0.2) is 5.65 Å². The van der Waals surface area contributed by atoms with Crippen molar-refractivity contribution in [2.24, 2.45) is 0 Å². The second kappa shape index (κ2) is 8.37. The molecule has 0 unspecified atom stereocenters. The molecule has 4 rings (SSSR count). The number of aryl methyl sites for hydroxylation is 4. The van der Waals surface area contributed by atoms with Crippen molar-refractivity contribution < 1.29 is 9.18 Å². The topological polar surface area (TPSA) is 81.8 Å². The summed E-state index contributed by atoms with van der Waals surface area (Å²) in [5.74, 6) is -0.0543. The number of nitrogens with one attached hydrogen (secondary N) is 1. The Labute approximate surface area is 184 Å². The summed E-state index contributed by atoms with van der Waals surface area (Å²) in [5.41, 5.74) is 4.68. The van der Waals surface area contributed by atoms with E-state index in [1.165, 1.54) is 27.6 Å². The fraction of sp³-hybridized carbons (Fsp3) is 0.250. The van der Waals surface area contributed by atoms with Gasteiger partial charge in [-0.3, -0.25) is 14.2 Å². The maximum Gasteiger partial charge on any atom is 0.264 e. The van der Waals surface area contributed by atoms with Crippen LogP contribution in [0.25, 0.3) is 16.7 Å². The molecule has 1 amide bonds. The van der Waals surface area contributed by atoms with Crippen LogP contribution in [0.3, 0.4) is 0 Å². The van der Waals surface area contributed by atoms with Gasteiger partial charge in [-0.2, -0.15) is 5.10 Å². The lowest BCUT2D eigenvalue weighted by Crippen LogP contribution is -2.26. The average Bonchev–Trinajstić information content (AvgIpc) is 3.15. The Hall–Kier alpha value is -3.81. The Balaban J connectivity index is 1.57. The summed E-state index contributed by atoms with van der Waals surface area (Å²) in [6.07, 6.45) is 1.58. The van der Waals surface area contributed by atoms with E-state index in [-0.39, 0.29) is 30.2 Å². The molecule has 2 aromatic carbocycles. The first kappa shape index (κ1) is 21.4. The third-order valence-corrected chi connectivity index (χ3v) is 5.45. The molecule has 0 aliphatic heterocycles. The molecule has 0 bridgehead atoms. The van der Waals surface area contributed by atoms with Gasteiger partial charge in [0.05, 0.1) is 11.9 Å². The summed E-state index contributed by atoms with van der Waals surface area (Å²) < 4.78 is 16.2. The van der Waals surface area contributed by atoms with Crippen LogP contribution >= 0.6 is 0 Å². The van der Waals surface area contributed by atoms with E-state index in [0.717, 1.165) is 22.4 Å². The zero-order valence-corrected chi connectivity index (χ0v) is 18.4. The highest BCUT2D eigenvalue weighted by molar-refractivity contribution is 5.92. The van der Waals surface area contributed by atoms with Gasteiger partial charge in [0.2, 0.25) is 5.91 Å². The monoisotopic (exact) mass is 433 g/mol. The molecule has 8 heteroatoms. The van der Waals surface area contributed by atoms with Gasteiger partial charge in [0, 0.05) is 18.7 Å². The van der Waals surface area contributed by atoms with Gasteiger partial charge in [-0.1, -0.05) is 17.7 Å². The summed E-state index contributed by atoms with van der Waals surface area (Å²) >= 11 is 0. The SMILES string of the molecule is Cc1cc(C)c(NC(=O)CCn2c(C)nc3c(cnn3-c3ccc(F)cc3)c2=O)c(C)c1. The van der Waals surface area contributed by atoms with Gasteiger partial charge in [0.25, 0.3) is 5.56 Å². The van der Waals surface area contributed by atoms with E-state index in [9.17, 15) is 14.0 Å². The number of aromatic nitrogens is 4. The number of nitrogens with zero attached hydrogens (tertiary/aromatic N) is 4. The van der Waals surface area contributed by atoms with Crippen molar-refractivity contribution in [3.63, 3.8) is 0 Å². The predicted octanol–water partition coefficient (Wildman–Crippen LogP) is 3.98. The van der Waals surface area contributed by atoms with Crippen LogP contribution in [0.1, 0.15) is 28.9 Å². The fourth-order valence-corrected chi connectivity index (χ4v) is 3.93. The quantitative estimate of drug-likeness (QED) is 0.516. The van der Waals surface area contributed by atoms with Crippen molar-refractivity contribution in [1.29, 1.82) is 0 Å². The van der Waals surface area contributed by atoms with Gasteiger partial charge < -0.3 is 5.32 Å². The molecule has 0 aliphatic carbocycles. The molecule has 32 heavy (non-hydrogen) atoms. The van der Waals surface area contributed by atoms with E-state index in [1.54, 1.807) is 19.1 Å². The van der Waals surface area contributed by atoms with Crippen molar-refractivity contribution in [2.45, 2.75) is 40.7 Å². The first-order chi connectivity index (χ1) is 15.2. The zero-order valence-electron chi connectivity index (χ0n) is 18.4. The van der Waals surface area contributed by atoms with Crippen LogP contribution in [0.5, 0.6) is 0 Å².